The van der Waals surface area contributed by atoms with Crippen molar-refractivity contribution in [3.8, 4) is 0 Å². The summed E-state index contributed by atoms with van der Waals surface area (Å²) in [5.41, 5.74) is 1.92. The van der Waals surface area contributed by atoms with E-state index >= 15 is 0 Å². The molecule has 0 unspecified atom stereocenters. The lowest BCUT2D eigenvalue weighted by Gasteiger charge is -2.25. The molecule has 0 atom stereocenters. The first-order valence-corrected chi connectivity index (χ1v) is 6.71. The zero-order valence-electron chi connectivity index (χ0n) is 11.8. The monoisotopic (exact) mass is 271 g/mol. The summed E-state index contributed by atoms with van der Waals surface area (Å²) < 4.78 is 14.2. The number of ketones is 1. The van der Waals surface area contributed by atoms with Gasteiger partial charge in [0.15, 0.2) is 5.78 Å². The number of Topliss-reactive ketones (excluding diaryl/α,β-unsaturated/α-hetero) is 1. The summed E-state index contributed by atoms with van der Waals surface area (Å²) in [4.78, 5) is 13.6. The first-order valence-electron chi connectivity index (χ1n) is 6.71. The number of halogens is 1. The van der Waals surface area contributed by atoms with Gasteiger partial charge in [0.05, 0.1) is 5.69 Å². The van der Waals surface area contributed by atoms with Gasteiger partial charge in [-0.3, -0.25) is 4.79 Å². The van der Waals surface area contributed by atoms with E-state index in [4.69, 9.17) is 0 Å². The highest BCUT2D eigenvalue weighted by Gasteiger charge is 2.17. The predicted molar refractivity (Wildman–Crippen MR) is 79.6 cm³/mol. The van der Waals surface area contributed by atoms with Gasteiger partial charge in [-0.25, -0.2) is 4.39 Å². The topological polar surface area (TPSA) is 20.3 Å². The van der Waals surface area contributed by atoms with Crippen molar-refractivity contribution in [2.45, 2.75) is 20.4 Å². The number of benzene rings is 2. The molecule has 3 heteroatoms. The first-order chi connectivity index (χ1) is 9.63. The normalized spacial score (nSPS) is 10.3. The molecule has 0 N–H and O–H groups in total. The van der Waals surface area contributed by atoms with Crippen molar-refractivity contribution >= 4 is 11.5 Å². The lowest BCUT2D eigenvalue weighted by Crippen LogP contribution is -2.25. The van der Waals surface area contributed by atoms with Crippen molar-refractivity contribution in [3.05, 3.63) is 65.5 Å². The van der Waals surface area contributed by atoms with Crippen molar-refractivity contribution in [3.63, 3.8) is 0 Å². The van der Waals surface area contributed by atoms with Crippen LogP contribution in [0.3, 0.4) is 0 Å². The van der Waals surface area contributed by atoms with Gasteiger partial charge in [-0.05, 0) is 31.5 Å². The van der Waals surface area contributed by atoms with E-state index in [1.165, 1.54) is 13.0 Å². The van der Waals surface area contributed by atoms with Gasteiger partial charge in [0.2, 0.25) is 0 Å². The van der Waals surface area contributed by atoms with Crippen LogP contribution < -0.4 is 4.90 Å². The first kappa shape index (κ1) is 14.3. The van der Waals surface area contributed by atoms with Gasteiger partial charge in [-0.2, -0.15) is 0 Å². The second-order valence-corrected chi connectivity index (χ2v) is 4.69. The lowest BCUT2D eigenvalue weighted by atomic mass is 10.1. The number of hydrogen-bond acceptors (Lipinski definition) is 2. The summed E-state index contributed by atoms with van der Waals surface area (Å²) in [7, 11) is 0. The van der Waals surface area contributed by atoms with Crippen LogP contribution in [0.15, 0.2) is 48.5 Å². The van der Waals surface area contributed by atoms with Crippen LogP contribution in [0.4, 0.5) is 10.1 Å². The molecule has 2 nitrogen and oxygen atoms in total. The molecular formula is C17H18FNO. The lowest BCUT2D eigenvalue weighted by molar-refractivity contribution is 0.101. The number of rotatable bonds is 5. The number of carbonyl (C=O) groups is 1. The fourth-order valence-corrected chi connectivity index (χ4v) is 2.27. The van der Waals surface area contributed by atoms with Crippen LogP contribution in [0.25, 0.3) is 0 Å². The molecule has 2 rings (SSSR count). The Labute approximate surface area is 118 Å². The maximum absolute atomic E-state index is 14.2. The van der Waals surface area contributed by atoms with Crippen molar-refractivity contribution in [1.82, 2.24) is 0 Å². The second-order valence-electron chi connectivity index (χ2n) is 4.69. The molecule has 0 saturated heterocycles. The second kappa shape index (κ2) is 6.33. The fourth-order valence-electron chi connectivity index (χ4n) is 2.27. The highest BCUT2D eigenvalue weighted by atomic mass is 19.1. The number of nitrogens with zero attached hydrogens (tertiary/aromatic N) is 1. The highest BCUT2D eigenvalue weighted by Crippen LogP contribution is 2.26. The molecular weight excluding hydrogens is 253 g/mol. The van der Waals surface area contributed by atoms with Gasteiger partial charge in [-0.1, -0.05) is 36.4 Å². The predicted octanol–water partition coefficient (Wildman–Crippen LogP) is 4.05. The molecule has 0 fully saturated rings. The number of para-hydroxylation sites is 1. The van der Waals surface area contributed by atoms with E-state index in [2.05, 4.69) is 0 Å². The summed E-state index contributed by atoms with van der Waals surface area (Å²) in [6.07, 6.45) is 0. The molecule has 0 bridgehead atoms. The van der Waals surface area contributed by atoms with Crippen LogP contribution in [0.1, 0.15) is 29.8 Å². The number of anilines is 1. The molecule has 0 aliphatic heterocycles. The van der Waals surface area contributed by atoms with E-state index in [1.807, 2.05) is 42.2 Å². The molecule has 2 aromatic rings. The van der Waals surface area contributed by atoms with Crippen molar-refractivity contribution in [2.24, 2.45) is 0 Å². The van der Waals surface area contributed by atoms with Crippen LogP contribution in [0.5, 0.6) is 0 Å². The Morgan fingerprint density at radius 3 is 2.40 bits per heavy atom. The van der Waals surface area contributed by atoms with Crippen molar-refractivity contribution in [1.29, 1.82) is 0 Å². The Hall–Kier alpha value is -2.16. The summed E-state index contributed by atoms with van der Waals surface area (Å²) in [5, 5.41) is 0. The van der Waals surface area contributed by atoms with Crippen LogP contribution in [-0.2, 0) is 6.54 Å². The minimum absolute atomic E-state index is 0.119. The molecule has 0 aliphatic carbocycles. The summed E-state index contributed by atoms with van der Waals surface area (Å²) in [6, 6.07) is 14.5. The standard InChI is InChI=1S/C17H18FNO/c1-3-19(12-14-8-5-4-6-9-14)17-15(13(2)20)10-7-11-16(17)18/h4-11H,3,12H2,1-2H3. The van der Waals surface area contributed by atoms with Gasteiger partial charge in [0.25, 0.3) is 0 Å². The molecule has 0 spiro atoms. The van der Waals surface area contributed by atoms with E-state index in [9.17, 15) is 9.18 Å². The van der Waals surface area contributed by atoms with Gasteiger partial charge < -0.3 is 4.90 Å². The summed E-state index contributed by atoms with van der Waals surface area (Å²) >= 11 is 0. The van der Waals surface area contributed by atoms with E-state index in [1.54, 1.807) is 12.1 Å². The third-order valence-electron chi connectivity index (χ3n) is 3.28. The van der Waals surface area contributed by atoms with Crippen LogP contribution in [0.2, 0.25) is 0 Å². The van der Waals surface area contributed by atoms with Crippen molar-refractivity contribution < 1.29 is 9.18 Å². The average molecular weight is 271 g/mol. The van der Waals surface area contributed by atoms with E-state index < -0.39 is 0 Å². The van der Waals surface area contributed by atoms with Gasteiger partial charge in [-0.15, -0.1) is 0 Å². The largest absolute Gasteiger partial charge is 0.365 e. The molecule has 0 aromatic heterocycles. The Kier molecular flexibility index (Phi) is 4.51. The van der Waals surface area contributed by atoms with Crippen LogP contribution in [-0.4, -0.2) is 12.3 Å². The summed E-state index contributed by atoms with van der Waals surface area (Å²) in [5.74, 6) is -0.471. The highest BCUT2D eigenvalue weighted by molar-refractivity contribution is 5.99. The zero-order chi connectivity index (χ0) is 14.5. The Morgan fingerprint density at radius 1 is 1.10 bits per heavy atom. The molecule has 0 aliphatic rings. The quantitative estimate of drug-likeness (QED) is 0.764. The van der Waals surface area contributed by atoms with Crippen molar-refractivity contribution in [2.75, 3.05) is 11.4 Å². The van der Waals surface area contributed by atoms with Crippen LogP contribution in [0, 0.1) is 5.82 Å². The Bertz CT molecular complexity index is 595. The molecule has 0 saturated carbocycles. The van der Waals surface area contributed by atoms with Gasteiger partial charge in [0, 0.05) is 18.7 Å². The molecule has 0 amide bonds. The zero-order valence-corrected chi connectivity index (χ0v) is 11.8. The van der Waals surface area contributed by atoms with E-state index in [0.717, 1.165) is 5.56 Å². The SMILES string of the molecule is CCN(Cc1ccccc1)c1c(F)cccc1C(C)=O. The minimum atomic E-state index is -0.351. The molecule has 20 heavy (non-hydrogen) atoms. The third-order valence-corrected chi connectivity index (χ3v) is 3.28. The smallest absolute Gasteiger partial charge is 0.161 e. The average Bonchev–Trinajstić information content (AvgIpc) is 2.46. The fraction of sp³-hybridized carbons (Fsp3) is 0.235. The Balaban J connectivity index is 2.39. The van der Waals surface area contributed by atoms with Crippen LogP contribution >= 0.6 is 0 Å². The summed E-state index contributed by atoms with van der Waals surface area (Å²) in [6.45, 7) is 4.64. The maximum Gasteiger partial charge on any atom is 0.161 e. The molecule has 0 radical (unpaired) electrons. The maximum atomic E-state index is 14.2. The van der Waals surface area contributed by atoms with Gasteiger partial charge >= 0.3 is 0 Å². The van der Waals surface area contributed by atoms with E-state index in [-0.39, 0.29) is 11.6 Å². The molecule has 104 valence electrons. The molecule has 0 heterocycles. The Morgan fingerprint density at radius 2 is 1.80 bits per heavy atom. The number of hydrogen-bond donors (Lipinski definition) is 0. The number of carbonyl (C=O) groups excluding carboxylic acids is 1. The van der Waals surface area contributed by atoms with Gasteiger partial charge in [0.1, 0.15) is 5.82 Å². The third kappa shape index (κ3) is 3.05. The van der Waals surface area contributed by atoms with E-state index in [0.29, 0.717) is 24.3 Å². The molecule has 2 aromatic carbocycles. The minimum Gasteiger partial charge on any atom is -0.365 e.